The molecule has 3 heterocycles. The van der Waals surface area contributed by atoms with Crippen molar-refractivity contribution < 1.29 is 22.7 Å². The van der Waals surface area contributed by atoms with Gasteiger partial charge in [0.05, 0.1) is 42.3 Å². The topological polar surface area (TPSA) is 182 Å². The number of amides is 1. The van der Waals surface area contributed by atoms with E-state index in [0.29, 0.717) is 59.0 Å². The predicted molar refractivity (Wildman–Crippen MR) is 178 cm³/mol. The van der Waals surface area contributed by atoms with Gasteiger partial charge in [-0.25, -0.2) is 17.8 Å². The number of H-pyrrole nitrogens is 1. The summed E-state index contributed by atoms with van der Waals surface area (Å²) in [4.78, 5) is 38.1. The summed E-state index contributed by atoms with van der Waals surface area (Å²) in [5, 5.41) is 21.6. The van der Waals surface area contributed by atoms with Crippen molar-refractivity contribution in [1.29, 1.82) is 0 Å². The number of nitrogens with one attached hydrogen (secondary N) is 2. The molecule has 1 unspecified atom stereocenters. The molecule has 1 amide bonds. The van der Waals surface area contributed by atoms with Gasteiger partial charge in [0.15, 0.2) is 0 Å². The van der Waals surface area contributed by atoms with Crippen molar-refractivity contribution >= 4 is 39.6 Å². The molecule has 0 radical (unpaired) electrons. The van der Waals surface area contributed by atoms with E-state index in [1.165, 1.54) is 28.5 Å². The highest BCUT2D eigenvalue weighted by atomic mass is 35.5. The minimum Gasteiger partial charge on any atom is -0.469 e. The minimum absolute atomic E-state index is 0.00405. The smallest absolute Gasteiger partial charge is 0.309 e. The molecule has 2 atom stereocenters. The molecule has 2 N–H and O–H groups in total. The molecule has 14 nitrogen and oxygen atoms in total. The monoisotopic (exact) mass is 694 g/mol. The standard InChI is InChI=1S/C32H35ClN8O6S/c1-3-48(45,46)40-14-4-5-22(19-40)15-27(35-30(42)13-10-24-17-25(33)11-12-29(24)41-20-34-38-39-41)28-18-26(32(44)37-36-28)23-8-6-21(7-9-23)16-31(43)47-2/h6-13,17-18,20,22,27H,3-5,14-16,19H2,1-2H3,(H,35,42)(H,37,44)/b13-10+/t22?,27-/m0/s1. The number of hydrogen-bond donors (Lipinski definition) is 2. The SMILES string of the molecule is CCS(=O)(=O)N1CCCC(C[C@H](NC(=O)/C=C/c2cc(Cl)ccc2-n2cnnn2)c2cc(-c3ccc(CC(=O)OC)cc3)c(=O)[nH]n2)C1. The molecule has 5 rings (SSSR count). The van der Waals surface area contributed by atoms with Crippen LogP contribution in [0.2, 0.25) is 5.02 Å². The van der Waals surface area contributed by atoms with Gasteiger partial charge in [0, 0.05) is 29.8 Å². The summed E-state index contributed by atoms with van der Waals surface area (Å²) >= 11 is 6.24. The number of tetrazole rings is 1. The second kappa shape index (κ2) is 15.4. The first-order valence-corrected chi connectivity index (χ1v) is 17.3. The number of piperidine rings is 1. The highest BCUT2D eigenvalue weighted by molar-refractivity contribution is 7.89. The van der Waals surface area contributed by atoms with E-state index in [2.05, 4.69) is 31.0 Å². The quantitative estimate of drug-likeness (QED) is 0.165. The zero-order chi connectivity index (χ0) is 34.3. The van der Waals surface area contributed by atoms with E-state index in [9.17, 15) is 22.8 Å². The van der Waals surface area contributed by atoms with Crippen LogP contribution in [0.1, 0.15) is 49.0 Å². The minimum atomic E-state index is -3.39. The molecule has 1 saturated heterocycles. The third-order valence-electron chi connectivity index (χ3n) is 8.15. The normalized spacial score (nSPS) is 16.1. The number of halogens is 1. The van der Waals surface area contributed by atoms with Gasteiger partial charge < -0.3 is 10.1 Å². The molecule has 252 valence electrons. The molecule has 0 saturated carbocycles. The van der Waals surface area contributed by atoms with Crippen LogP contribution in [0.25, 0.3) is 22.9 Å². The third kappa shape index (κ3) is 8.59. The molecule has 48 heavy (non-hydrogen) atoms. The summed E-state index contributed by atoms with van der Waals surface area (Å²) in [5.74, 6) is -0.902. The molecule has 2 aromatic heterocycles. The van der Waals surface area contributed by atoms with Crippen LogP contribution in [0.15, 0.2) is 65.7 Å². The first kappa shape index (κ1) is 34.6. The Kier molecular flexibility index (Phi) is 11.1. The number of aromatic nitrogens is 6. The zero-order valence-corrected chi connectivity index (χ0v) is 27.9. The van der Waals surface area contributed by atoms with Crippen molar-refractivity contribution in [1.82, 2.24) is 40.0 Å². The molecule has 1 aliphatic heterocycles. The van der Waals surface area contributed by atoms with Gasteiger partial charge in [-0.3, -0.25) is 14.4 Å². The van der Waals surface area contributed by atoms with Crippen molar-refractivity contribution in [3.8, 4) is 16.8 Å². The van der Waals surface area contributed by atoms with Gasteiger partial charge >= 0.3 is 5.97 Å². The fourth-order valence-electron chi connectivity index (χ4n) is 5.62. The lowest BCUT2D eigenvalue weighted by atomic mass is 9.90. The van der Waals surface area contributed by atoms with Crippen LogP contribution in [0, 0.1) is 5.92 Å². The summed E-state index contributed by atoms with van der Waals surface area (Å²) in [6.45, 7) is 2.38. The van der Waals surface area contributed by atoms with Crippen LogP contribution in [-0.2, 0) is 30.8 Å². The fourth-order valence-corrected chi connectivity index (χ4v) is 7.01. The van der Waals surface area contributed by atoms with Crippen LogP contribution >= 0.6 is 11.6 Å². The largest absolute Gasteiger partial charge is 0.469 e. The molecule has 1 aliphatic rings. The molecule has 0 spiro atoms. The number of esters is 1. The van der Waals surface area contributed by atoms with Gasteiger partial charge in [-0.15, -0.1) is 5.10 Å². The Bertz CT molecular complexity index is 1950. The Morgan fingerprint density at radius 3 is 2.69 bits per heavy atom. The highest BCUT2D eigenvalue weighted by Crippen LogP contribution is 2.29. The van der Waals surface area contributed by atoms with Crippen LogP contribution in [0.3, 0.4) is 0 Å². The number of hydrogen-bond acceptors (Lipinski definition) is 10. The molecule has 2 aromatic carbocycles. The van der Waals surface area contributed by atoms with Gasteiger partial charge in [0.2, 0.25) is 15.9 Å². The summed E-state index contributed by atoms with van der Waals surface area (Å²) in [6, 6.07) is 13.0. The Labute approximate surface area is 282 Å². The number of methoxy groups -OCH3 is 1. The van der Waals surface area contributed by atoms with Gasteiger partial charge in [-0.05, 0) is 84.0 Å². The molecule has 0 bridgehead atoms. The van der Waals surface area contributed by atoms with Crippen molar-refractivity contribution in [3.05, 3.63) is 93.1 Å². The number of benzene rings is 2. The Morgan fingerprint density at radius 1 is 1.19 bits per heavy atom. The van der Waals surface area contributed by atoms with E-state index in [1.807, 2.05) is 0 Å². The number of rotatable bonds is 12. The van der Waals surface area contributed by atoms with E-state index >= 15 is 0 Å². The predicted octanol–water partition coefficient (Wildman–Crippen LogP) is 3.10. The number of nitrogens with zero attached hydrogens (tertiary/aromatic N) is 6. The second-order valence-electron chi connectivity index (χ2n) is 11.3. The molecular formula is C32H35ClN8O6S. The molecule has 0 aliphatic carbocycles. The lowest BCUT2D eigenvalue weighted by Crippen LogP contribution is -2.42. The number of ether oxygens (including phenoxy) is 1. The molecule has 1 fully saturated rings. The lowest BCUT2D eigenvalue weighted by Gasteiger charge is -2.33. The fraction of sp³-hybridized carbons (Fsp3) is 0.344. The maximum absolute atomic E-state index is 13.4. The van der Waals surface area contributed by atoms with Gasteiger partial charge in [0.25, 0.3) is 5.56 Å². The number of carbonyl (C=O) groups is 2. The average Bonchev–Trinajstić information content (AvgIpc) is 3.63. The zero-order valence-electron chi connectivity index (χ0n) is 26.4. The van der Waals surface area contributed by atoms with Crippen molar-refractivity contribution in [2.24, 2.45) is 5.92 Å². The lowest BCUT2D eigenvalue weighted by molar-refractivity contribution is -0.139. The third-order valence-corrected chi connectivity index (χ3v) is 10.2. The maximum atomic E-state index is 13.4. The van der Waals surface area contributed by atoms with Crippen molar-refractivity contribution in [2.45, 2.75) is 38.6 Å². The summed E-state index contributed by atoms with van der Waals surface area (Å²) in [7, 11) is -2.07. The summed E-state index contributed by atoms with van der Waals surface area (Å²) in [5.41, 5.74) is 2.80. The average molecular weight is 695 g/mol. The number of sulfonamides is 1. The van der Waals surface area contributed by atoms with Crippen LogP contribution in [0.5, 0.6) is 0 Å². The van der Waals surface area contributed by atoms with E-state index in [0.717, 1.165) is 12.0 Å². The van der Waals surface area contributed by atoms with Crippen LogP contribution in [0.4, 0.5) is 0 Å². The van der Waals surface area contributed by atoms with Crippen molar-refractivity contribution in [3.63, 3.8) is 0 Å². The van der Waals surface area contributed by atoms with Gasteiger partial charge in [-0.2, -0.15) is 9.78 Å². The van der Waals surface area contributed by atoms with Crippen LogP contribution in [-0.4, -0.2) is 81.0 Å². The Balaban J connectivity index is 1.44. The molecule has 4 aromatic rings. The first-order valence-electron chi connectivity index (χ1n) is 15.3. The van der Waals surface area contributed by atoms with Gasteiger partial charge in [0.1, 0.15) is 6.33 Å². The van der Waals surface area contributed by atoms with Gasteiger partial charge in [-0.1, -0.05) is 35.9 Å². The second-order valence-corrected chi connectivity index (χ2v) is 14.0. The summed E-state index contributed by atoms with van der Waals surface area (Å²) < 4.78 is 33.0. The van der Waals surface area contributed by atoms with E-state index < -0.39 is 27.5 Å². The number of aromatic amines is 1. The van der Waals surface area contributed by atoms with E-state index in [1.54, 1.807) is 61.5 Å². The van der Waals surface area contributed by atoms with Crippen LogP contribution < -0.4 is 10.9 Å². The highest BCUT2D eigenvalue weighted by Gasteiger charge is 2.30. The maximum Gasteiger partial charge on any atom is 0.309 e. The van der Waals surface area contributed by atoms with E-state index in [4.69, 9.17) is 16.3 Å². The number of carbonyl (C=O) groups excluding carboxylic acids is 2. The Hall–Kier alpha value is -4.73. The molecule has 16 heteroatoms. The Morgan fingerprint density at radius 2 is 1.98 bits per heavy atom. The molecular weight excluding hydrogens is 660 g/mol. The summed E-state index contributed by atoms with van der Waals surface area (Å²) in [6.07, 6.45) is 6.28. The first-order chi connectivity index (χ1) is 23.1. The van der Waals surface area contributed by atoms with E-state index in [-0.39, 0.29) is 24.1 Å². The van der Waals surface area contributed by atoms with Crippen molar-refractivity contribution in [2.75, 3.05) is 26.0 Å².